The number of anilines is 1. The Balaban J connectivity index is 1.73. The highest BCUT2D eigenvalue weighted by Gasteiger charge is 2.28. The topological polar surface area (TPSA) is 93.6 Å². The minimum atomic E-state index is -0.718. The molecule has 3 aromatic carbocycles. The van der Waals surface area contributed by atoms with E-state index in [2.05, 4.69) is 14.1 Å². The van der Waals surface area contributed by atoms with Crippen LogP contribution in [0.5, 0.6) is 11.5 Å². The molecule has 1 unspecified atom stereocenters. The lowest BCUT2D eigenvalue weighted by molar-refractivity contribution is 0.0966. The maximum Gasteiger partial charge on any atom is 0.211 e. The molecule has 0 amide bonds. The van der Waals surface area contributed by atoms with E-state index >= 15 is 0 Å². The van der Waals surface area contributed by atoms with Gasteiger partial charge in [-0.25, -0.2) is 0 Å². The lowest BCUT2D eigenvalue weighted by atomic mass is 9.97. The molecule has 0 aliphatic rings. The van der Waals surface area contributed by atoms with Gasteiger partial charge < -0.3 is 19.9 Å². The molecular formula is C26H25N3O4S. The summed E-state index contributed by atoms with van der Waals surface area (Å²) in [7, 11) is 1.56. The fourth-order valence-corrected chi connectivity index (χ4v) is 4.09. The van der Waals surface area contributed by atoms with E-state index in [1.165, 1.54) is 0 Å². The lowest BCUT2D eigenvalue weighted by Crippen LogP contribution is -2.22. The molecule has 0 fully saturated rings. The summed E-state index contributed by atoms with van der Waals surface area (Å²) in [5.74, 6) is 0.886. The number of aliphatic hydroxyl groups excluding tert-OH is 1. The number of nitrogens with zero attached hydrogens (tertiary/aromatic N) is 2. The molecule has 34 heavy (non-hydrogen) atoms. The Morgan fingerprint density at radius 2 is 1.76 bits per heavy atom. The van der Waals surface area contributed by atoms with Gasteiger partial charge in [0.05, 0.1) is 25.4 Å². The van der Waals surface area contributed by atoms with E-state index in [0.29, 0.717) is 28.6 Å². The lowest BCUT2D eigenvalue weighted by Gasteiger charge is -2.20. The first-order valence-electron chi connectivity index (χ1n) is 10.8. The van der Waals surface area contributed by atoms with Gasteiger partial charge in [0.1, 0.15) is 29.8 Å². The number of ether oxygens (including phenoxy) is 2. The summed E-state index contributed by atoms with van der Waals surface area (Å²) in [6.45, 7) is 2.04. The van der Waals surface area contributed by atoms with E-state index in [9.17, 15) is 4.79 Å². The highest BCUT2D eigenvalue weighted by atomic mass is 32.1. The number of nitrogens with one attached hydrogen (secondary N) is 1. The average molecular weight is 476 g/mol. The van der Waals surface area contributed by atoms with Crippen LogP contribution >= 0.6 is 11.7 Å². The molecule has 0 spiro atoms. The first-order valence-corrected chi connectivity index (χ1v) is 11.5. The standard InChI is InChI=1S/C26H25N3O4S/c1-17-8-10-19(11-9-17)24(27-20-14-21(32-2)16-22(15-20)33-13-12-30)26(31)25-23(28-34-29-25)18-6-4-3-5-7-18/h3-11,14-16,24,27,30H,12-13H2,1-2H3. The van der Waals surface area contributed by atoms with Crippen LogP contribution in [0.25, 0.3) is 11.3 Å². The first kappa shape index (κ1) is 23.4. The minimum absolute atomic E-state index is 0.108. The average Bonchev–Trinajstić information content (AvgIpc) is 3.37. The number of aliphatic hydroxyl groups is 1. The molecule has 1 atom stereocenters. The number of aromatic nitrogens is 2. The number of rotatable bonds is 10. The Bertz CT molecular complexity index is 1240. The Morgan fingerprint density at radius 1 is 1.03 bits per heavy atom. The van der Waals surface area contributed by atoms with Gasteiger partial charge in [0, 0.05) is 29.4 Å². The number of carbonyl (C=O) groups excluding carboxylic acids is 1. The maximum absolute atomic E-state index is 13.8. The van der Waals surface area contributed by atoms with Crippen molar-refractivity contribution in [2.24, 2.45) is 0 Å². The zero-order valence-electron chi connectivity index (χ0n) is 18.9. The molecular weight excluding hydrogens is 450 g/mol. The van der Waals surface area contributed by atoms with Gasteiger partial charge in [-0.05, 0) is 12.5 Å². The van der Waals surface area contributed by atoms with Gasteiger partial charge in [-0.15, -0.1) is 0 Å². The highest BCUT2D eigenvalue weighted by molar-refractivity contribution is 6.99. The second-order valence-corrected chi connectivity index (χ2v) is 8.18. The molecule has 8 heteroatoms. The van der Waals surface area contributed by atoms with E-state index in [0.717, 1.165) is 28.4 Å². The Kier molecular flexibility index (Phi) is 7.51. The molecule has 0 saturated heterocycles. The smallest absolute Gasteiger partial charge is 0.211 e. The Morgan fingerprint density at radius 3 is 2.47 bits per heavy atom. The summed E-state index contributed by atoms with van der Waals surface area (Å²) >= 11 is 1.02. The number of methoxy groups -OCH3 is 1. The van der Waals surface area contributed by atoms with Gasteiger partial charge in [0.2, 0.25) is 5.78 Å². The largest absolute Gasteiger partial charge is 0.497 e. The van der Waals surface area contributed by atoms with Gasteiger partial charge >= 0.3 is 0 Å². The zero-order chi connectivity index (χ0) is 23.9. The number of ketones is 1. The van der Waals surface area contributed by atoms with Crippen molar-refractivity contribution in [3.05, 3.63) is 89.6 Å². The third-order valence-electron chi connectivity index (χ3n) is 5.23. The van der Waals surface area contributed by atoms with Crippen molar-refractivity contribution in [3.63, 3.8) is 0 Å². The molecule has 0 aliphatic heterocycles. The van der Waals surface area contributed by atoms with Crippen molar-refractivity contribution in [2.45, 2.75) is 13.0 Å². The molecule has 1 aromatic heterocycles. The van der Waals surface area contributed by atoms with E-state index in [1.807, 2.05) is 61.5 Å². The van der Waals surface area contributed by atoms with Crippen LogP contribution in [0.2, 0.25) is 0 Å². The molecule has 2 N–H and O–H groups in total. The van der Waals surface area contributed by atoms with Crippen molar-refractivity contribution < 1.29 is 19.4 Å². The first-order chi connectivity index (χ1) is 16.6. The summed E-state index contributed by atoms with van der Waals surface area (Å²) in [5, 5.41) is 12.4. The number of carbonyl (C=O) groups is 1. The van der Waals surface area contributed by atoms with Gasteiger partial charge in [-0.3, -0.25) is 4.79 Å². The number of aryl methyl sites for hydroxylation is 1. The molecule has 7 nitrogen and oxygen atoms in total. The number of benzene rings is 3. The van der Waals surface area contributed by atoms with Crippen LogP contribution in [0, 0.1) is 6.92 Å². The summed E-state index contributed by atoms with van der Waals surface area (Å²) in [6, 6.07) is 21.9. The van der Waals surface area contributed by atoms with Crippen LogP contribution in [0.4, 0.5) is 5.69 Å². The highest BCUT2D eigenvalue weighted by Crippen LogP contribution is 2.32. The number of hydrogen-bond acceptors (Lipinski definition) is 8. The minimum Gasteiger partial charge on any atom is -0.497 e. The normalized spacial score (nSPS) is 11.6. The van der Waals surface area contributed by atoms with Crippen LogP contribution in [0.1, 0.15) is 27.7 Å². The molecule has 0 saturated carbocycles. The summed E-state index contributed by atoms with van der Waals surface area (Å²) in [4.78, 5) is 13.8. The molecule has 174 valence electrons. The molecule has 4 aromatic rings. The quantitative estimate of drug-likeness (QED) is 0.314. The second kappa shape index (κ2) is 10.9. The predicted molar refractivity (Wildman–Crippen MR) is 133 cm³/mol. The van der Waals surface area contributed by atoms with Gasteiger partial charge in [0.15, 0.2) is 5.69 Å². The number of Topliss-reactive ketones (excluding diaryl/α,β-unsaturated/α-hetero) is 1. The van der Waals surface area contributed by atoms with Crippen LogP contribution in [0.3, 0.4) is 0 Å². The Labute approximate surface area is 202 Å². The zero-order valence-corrected chi connectivity index (χ0v) is 19.7. The van der Waals surface area contributed by atoms with Gasteiger partial charge in [-0.1, -0.05) is 60.2 Å². The van der Waals surface area contributed by atoms with Crippen molar-refractivity contribution in [3.8, 4) is 22.8 Å². The van der Waals surface area contributed by atoms with Crippen molar-refractivity contribution in [1.29, 1.82) is 0 Å². The van der Waals surface area contributed by atoms with E-state index in [-0.39, 0.29) is 19.0 Å². The van der Waals surface area contributed by atoms with Crippen molar-refractivity contribution in [1.82, 2.24) is 8.75 Å². The fourth-order valence-electron chi connectivity index (χ4n) is 3.52. The van der Waals surface area contributed by atoms with Crippen LogP contribution in [-0.4, -0.2) is 40.0 Å². The predicted octanol–water partition coefficient (Wildman–Crippen LogP) is 4.93. The van der Waals surface area contributed by atoms with Crippen molar-refractivity contribution in [2.75, 3.05) is 25.6 Å². The van der Waals surface area contributed by atoms with E-state index < -0.39 is 6.04 Å². The second-order valence-electron chi connectivity index (χ2n) is 7.65. The molecule has 1 heterocycles. The van der Waals surface area contributed by atoms with Gasteiger partial charge in [-0.2, -0.15) is 8.75 Å². The third-order valence-corrected chi connectivity index (χ3v) is 5.76. The molecule has 0 radical (unpaired) electrons. The third kappa shape index (κ3) is 5.41. The summed E-state index contributed by atoms with van der Waals surface area (Å²) in [5.41, 5.74) is 4.24. The summed E-state index contributed by atoms with van der Waals surface area (Å²) in [6.07, 6.45) is 0. The monoisotopic (exact) mass is 475 g/mol. The Hall–Kier alpha value is -3.75. The van der Waals surface area contributed by atoms with Crippen LogP contribution in [0.15, 0.2) is 72.8 Å². The van der Waals surface area contributed by atoms with Crippen molar-refractivity contribution >= 4 is 23.2 Å². The fraction of sp³-hybridized carbons (Fsp3) is 0.192. The van der Waals surface area contributed by atoms with Gasteiger partial charge in [0.25, 0.3) is 0 Å². The molecule has 4 rings (SSSR count). The molecule has 0 aliphatic carbocycles. The van der Waals surface area contributed by atoms with Crippen LogP contribution in [-0.2, 0) is 0 Å². The van der Waals surface area contributed by atoms with E-state index in [1.54, 1.807) is 25.3 Å². The molecule has 0 bridgehead atoms. The van der Waals surface area contributed by atoms with E-state index in [4.69, 9.17) is 14.6 Å². The maximum atomic E-state index is 13.8. The number of hydrogen-bond donors (Lipinski definition) is 2. The SMILES string of the molecule is COc1cc(NC(C(=O)c2nsnc2-c2ccccc2)c2ccc(C)cc2)cc(OCCO)c1. The summed E-state index contributed by atoms with van der Waals surface area (Å²) < 4.78 is 19.7. The van der Waals surface area contributed by atoms with Crippen LogP contribution < -0.4 is 14.8 Å².